The quantitative estimate of drug-likeness (QED) is 0.897. The molecule has 0 aromatic heterocycles. The number of carbonyl (C=O) groups is 1. The fraction of sp³-hybridized carbons (Fsp3) is 0.611. The van der Waals surface area contributed by atoms with E-state index in [1.54, 1.807) is 6.07 Å². The molecule has 1 aliphatic carbocycles. The van der Waals surface area contributed by atoms with Crippen molar-refractivity contribution in [2.45, 2.75) is 64.4 Å². The summed E-state index contributed by atoms with van der Waals surface area (Å²) in [6, 6.07) is 3.71. The number of aryl methyl sites for hydroxylation is 1. The van der Waals surface area contributed by atoms with Gasteiger partial charge in [0.2, 0.25) is 0 Å². The Hall–Kier alpha value is -1.51. The molecule has 1 spiro atoms. The molecule has 3 atom stereocenters. The largest absolute Gasteiger partial charge is 0.504 e. The Morgan fingerprint density at radius 2 is 2.10 bits per heavy atom. The van der Waals surface area contributed by atoms with Crippen molar-refractivity contribution >= 4 is 5.78 Å². The summed E-state index contributed by atoms with van der Waals surface area (Å²) in [5, 5.41) is 10.2. The highest BCUT2D eigenvalue weighted by Crippen LogP contribution is 2.65. The van der Waals surface area contributed by atoms with Crippen LogP contribution in [0.25, 0.3) is 0 Å². The number of fused-ring (bicyclic) bond motifs is 2. The number of hydrogen-bond acceptors (Lipinski definition) is 3. The van der Waals surface area contributed by atoms with Crippen molar-refractivity contribution in [3.63, 3.8) is 0 Å². The van der Waals surface area contributed by atoms with Crippen LogP contribution in [0, 0.1) is 5.92 Å². The molecule has 0 amide bonds. The van der Waals surface area contributed by atoms with Crippen LogP contribution in [0.4, 0.5) is 0 Å². The van der Waals surface area contributed by atoms with E-state index < -0.39 is 6.10 Å². The van der Waals surface area contributed by atoms with Gasteiger partial charge >= 0.3 is 0 Å². The second-order valence-electron chi connectivity index (χ2n) is 6.56. The van der Waals surface area contributed by atoms with Crippen molar-refractivity contribution in [2.75, 3.05) is 0 Å². The summed E-state index contributed by atoms with van der Waals surface area (Å²) in [5.74, 6) is 1.37. The van der Waals surface area contributed by atoms with E-state index in [0.717, 1.165) is 31.2 Å². The molecular formula is C18H24O3. The highest BCUT2D eigenvalue weighted by atomic mass is 16.5. The Morgan fingerprint density at radius 1 is 1.38 bits per heavy atom. The van der Waals surface area contributed by atoms with Crippen molar-refractivity contribution < 1.29 is 14.6 Å². The van der Waals surface area contributed by atoms with Crippen LogP contribution in [0.2, 0.25) is 0 Å². The molecule has 3 rings (SSSR count). The summed E-state index contributed by atoms with van der Waals surface area (Å²) >= 11 is 0. The third-order valence-electron chi connectivity index (χ3n) is 5.06. The van der Waals surface area contributed by atoms with Crippen LogP contribution < -0.4 is 4.74 Å². The molecule has 0 bridgehead atoms. The molecule has 1 fully saturated rings. The number of benzene rings is 1. The van der Waals surface area contributed by atoms with E-state index >= 15 is 0 Å². The number of ether oxygens (including phenoxy) is 1. The summed E-state index contributed by atoms with van der Waals surface area (Å²) in [7, 11) is 0. The molecule has 1 N–H and O–H groups in total. The first kappa shape index (κ1) is 14.4. The highest BCUT2D eigenvalue weighted by Gasteiger charge is 2.66. The topological polar surface area (TPSA) is 46.5 Å². The molecule has 1 aliphatic heterocycles. The molecule has 3 nitrogen and oxygen atoms in total. The number of rotatable bonds is 5. The van der Waals surface area contributed by atoms with Gasteiger partial charge in [-0.1, -0.05) is 33.3 Å². The first-order chi connectivity index (χ1) is 10.1. The monoisotopic (exact) mass is 288 g/mol. The standard InChI is InChI=1S/C18H24O3/c1-4-6-12-8-9-13(19)16-15(12)18(10-11(18)3)17(21-16)14(20)7-5-2/h8-9,11,17,19H,4-7,10H2,1-3H3. The van der Waals surface area contributed by atoms with E-state index in [0.29, 0.717) is 18.1 Å². The fourth-order valence-corrected chi connectivity index (χ4v) is 3.97. The predicted molar refractivity (Wildman–Crippen MR) is 81.9 cm³/mol. The van der Waals surface area contributed by atoms with Gasteiger partial charge in [-0.25, -0.2) is 0 Å². The summed E-state index contributed by atoms with van der Waals surface area (Å²) in [4.78, 5) is 12.5. The van der Waals surface area contributed by atoms with Crippen LogP contribution in [0.15, 0.2) is 12.1 Å². The zero-order chi connectivity index (χ0) is 15.2. The van der Waals surface area contributed by atoms with Crippen LogP contribution >= 0.6 is 0 Å². The molecule has 1 aromatic rings. The maximum absolute atomic E-state index is 12.5. The Morgan fingerprint density at radius 3 is 2.67 bits per heavy atom. The lowest BCUT2D eigenvalue weighted by molar-refractivity contribution is -0.126. The third-order valence-corrected chi connectivity index (χ3v) is 5.06. The lowest BCUT2D eigenvalue weighted by Crippen LogP contribution is -2.35. The SMILES string of the molecule is CCCC(=O)C1Oc2c(O)ccc(CCC)c2C12CC2C. The van der Waals surface area contributed by atoms with Gasteiger partial charge in [-0.15, -0.1) is 0 Å². The highest BCUT2D eigenvalue weighted by molar-refractivity contribution is 5.88. The zero-order valence-corrected chi connectivity index (χ0v) is 13.1. The second-order valence-corrected chi connectivity index (χ2v) is 6.56. The minimum atomic E-state index is -0.397. The van der Waals surface area contributed by atoms with E-state index in [2.05, 4.69) is 13.8 Å². The van der Waals surface area contributed by atoms with Crippen molar-refractivity contribution in [3.8, 4) is 11.5 Å². The minimum Gasteiger partial charge on any atom is -0.504 e. The zero-order valence-electron chi connectivity index (χ0n) is 13.1. The molecule has 114 valence electrons. The molecule has 21 heavy (non-hydrogen) atoms. The molecule has 1 heterocycles. The molecule has 3 heteroatoms. The van der Waals surface area contributed by atoms with Gasteiger partial charge in [-0.3, -0.25) is 4.79 Å². The van der Waals surface area contributed by atoms with Crippen molar-refractivity contribution in [3.05, 3.63) is 23.3 Å². The summed E-state index contributed by atoms with van der Waals surface area (Å²) in [6.07, 6.45) is 4.00. The van der Waals surface area contributed by atoms with Gasteiger partial charge in [0.1, 0.15) is 0 Å². The van der Waals surface area contributed by atoms with E-state index in [9.17, 15) is 9.90 Å². The summed E-state index contributed by atoms with van der Waals surface area (Å²) in [6.45, 7) is 6.35. The molecule has 0 radical (unpaired) electrons. The van der Waals surface area contributed by atoms with Gasteiger partial charge in [0.15, 0.2) is 23.4 Å². The van der Waals surface area contributed by atoms with Gasteiger partial charge in [-0.05, 0) is 36.8 Å². The first-order valence-electron chi connectivity index (χ1n) is 8.10. The first-order valence-corrected chi connectivity index (χ1v) is 8.10. The van der Waals surface area contributed by atoms with E-state index in [4.69, 9.17) is 4.74 Å². The predicted octanol–water partition coefficient (Wildman–Crippen LogP) is 3.75. The van der Waals surface area contributed by atoms with E-state index in [1.807, 2.05) is 13.0 Å². The van der Waals surface area contributed by atoms with Crippen LogP contribution in [-0.4, -0.2) is 17.0 Å². The number of aromatic hydroxyl groups is 1. The Labute approximate surface area is 126 Å². The summed E-state index contributed by atoms with van der Waals surface area (Å²) in [5.41, 5.74) is 2.18. The van der Waals surface area contributed by atoms with Crippen molar-refractivity contribution in [2.24, 2.45) is 5.92 Å². The summed E-state index contributed by atoms with van der Waals surface area (Å²) < 4.78 is 5.99. The Balaban J connectivity index is 2.08. The number of ketones is 1. The number of carbonyl (C=O) groups excluding carboxylic acids is 1. The van der Waals surface area contributed by atoms with Crippen LogP contribution in [0.5, 0.6) is 11.5 Å². The van der Waals surface area contributed by atoms with Crippen molar-refractivity contribution in [1.82, 2.24) is 0 Å². The van der Waals surface area contributed by atoms with Crippen LogP contribution in [-0.2, 0) is 16.6 Å². The van der Waals surface area contributed by atoms with Gasteiger partial charge in [-0.2, -0.15) is 0 Å². The minimum absolute atomic E-state index is 0.176. The van der Waals surface area contributed by atoms with E-state index in [1.165, 1.54) is 5.56 Å². The Bertz CT molecular complexity index is 578. The molecule has 1 aromatic carbocycles. The average Bonchev–Trinajstić information content (AvgIpc) is 2.96. The van der Waals surface area contributed by atoms with E-state index in [-0.39, 0.29) is 16.9 Å². The molecular weight excluding hydrogens is 264 g/mol. The molecule has 0 saturated heterocycles. The second kappa shape index (κ2) is 5.04. The number of phenolic OH excluding ortho intramolecular Hbond substituents is 1. The Kier molecular flexibility index (Phi) is 3.46. The average molecular weight is 288 g/mol. The smallest absolute Gasteiger partial charge is 0.174 e. The number of hydrogen-bond donors (Lipinski definition) is 1. The van der Waals surface area contributed by atoms with Crippen molar-refractivity contribution in [1.29, 1.82) is 0 Å². The van der Waals surface area contributed by atoms with Gasteiger partial charge in [0.05, 0.1) is 0 Å². The number of phenols is 1. The molecule has 3 unspecified atom stereocenters. The van der Waals surface area contributed by atoms with Gasteiger partial charge in [0, 0.05) is 17.4 Å². The third kappa shape index (κ3) is 1.97. The molecule has 2 aliphatic rings. The van der Waals surface area contributed by atoms with Crippen LogP contribution in [0.1, 0.15) is 57.6 Å². The lowest BCUT2D eigenvalue weighted by atomic mass is 9.83. The maximum atomic E-state index is 12.5. The normalized spacial score (nSPS) is 29.3. The lowest BCUT2D eigenvalue weighted by Gasteiger charge is -2.19. The fourth-order valence-electron chi connectivity index (χ4n) is 3.97. The molecule has 1 saturated carbocycles. The van der Waals surface area contributed by atoms with Gasteiger partial charge < -0.3 is 9.84 Å². The number of Topliss-reactive ketones (excluding diaryl/α,β-unsaturated/α-hetero) is 1. The van der Waals surface area contributed by atoms with Gasteiger partial charge in [0.25, 0.3) is 0 Å². The van der Waals surface area contributed by atoms with Crippen LogP contribution in [0.3, 0.4) is 0 Å². The maximum Gasteiger partial charge on any atom is 0.174 e.